The highest BCUT2D eigenvalue weighted by atomic mass is 32.2. The molecule has 0 saturated heterocycles. The van der Waals surface area contributed by atoms with E-state index < -0.39 is 0 Å². The van der Waals surface area contributed by atoms with Crippen LogP contribution in [0.3, 0.4) is 0 Å². The van der Waals surface area contributed by atoms with E-state index in [4.69, 9.17) is 10.5 Å². The van der Waals surface area contributed by atoms with Crippen LogP contribution in [0.1, 0.15) is 18.4 Å². The number of hydrogen-bond acceptors (Lipinski definition) is 6. The molecule has 7 heteroatoms. The highest BCUT2D eigenvalue weighted by molar-refractivity contribution is 7.96. The number of benzene rings is 1. The van der Waals surface area contributed by atoms with Crippen LogP contribution in [0.25, 0.3) is 0 Å². The van der Waals surface area contributed by atoms with E-state index in [-0.39, 0.29) is 5.91 Å². The van der Waals surface area contributed by atoms with Crippen molar-refractivity contribution in [3.05, 3.63) is 23.8 Å². The number of anilines is 1. The van der Waals surface area contributed by atoms with E-state index in [2.05, 4.69) is 15.0 Å². The SMILES string of the molecule is CN=C(C(=O)NCCNSC)c1cc(OCC2CC2)ccc1N. The standard InChI is InChI=1S/C16H24N4O2S/c1-18-15(16(21)19-7-8-20-23-2)13-9-12(5-6-14(13)17)22-10-11-3-4-11/h5-6,9,11,20H,3-4,7-8,10,17H2,1-2H3,(H,19,21). The number of nitrogens with two attached hydrogens (primary N) is 1. The summed E-state index contributed by atoms with van der Waals surface area (Å²) in [7, 11) is 1.59. The van der Waals surface area contributed by atoms with Crippen molar-refractivity contribution in [2.45, 2.75) is 12.8 Å². The van der Waals surface area contributed by atoms with Crippen LogP contribution in [-0.2, 0) is 4.79 Å². The van der Waals surface area contributed by atoms with Gasteiger partial charge in [0.1, 0.15) is 11.5 Å². The van der Waals surface area contributed by atoms with Crippen LogP contribution < -0.4 is 20.5 Å². The van der Waals surface area contributed by atoms with Gasteiger partial charge in [-0.25, -0.2) is 0 Å². The minimum Gasteiger partial charge on any atom is -0.493 e. The van der Waals surface area contributed by atoms with E-state index in [0.29, 0.717) is 42.6 Å². The largest absolute Gasteiger partial charge is 0.493 e. The molecular formula is C16H24N4O2S. The minimum atomic E-state index is -0.235. The predicted octanol–water partition coefficient (Wildman–Crippen LogP) is 1.46. The lowest BCUT2D eigenvalue weighted by atomic mass is 10.1. The van der Waals surface area contributed by atoms with Gasteiger partial charge in [-0.15, -0.1) is 0 Å². The summed E-state index contributed by atoms with van der Waals surface area (Å²) in [6.07, 6.45) is 4.40. The third-order valence-electron chi connectivity index (χ3n) is 3.56. The van der Waals surface area contributed by atoms with Gasteiger partial charge < -0.3 is 15.8 Å². The molecule has 1 amide bonds. The van der Waals surface area contributed by atoms with Gasteiger partial charge in [0, 0.05) is 31.4 Å². The summed E-state index contributed by atoms with van der Waals surface area (Å²) in [6, 6.07) is 5.37. The van der Waals surface area contributed by atoms with Crippen LogP contribution in [0.4, 0.5) is 5.69 Å². The zero-order valence-electron chi connectivity index (χ0n) is 13.6. The number of nitrogens with zero attached hydrogens (tertiary/aromatic N) is 1. The van der Waals surface area contributed by atoms with E-state index in [1.54, 1.807) is 19.2 Å². The van der Waals surface area contributed by atoms with Crippen LogP contribution in [-0.4, -0.2) is 44.6 Å². The zero-order chi connectivity index (χ0) is 16.7. The van der Waals surface area contributed by atoms with Crippen LogP contribution in [0.2, 0.25) is 0 Å². The monoisotopic (exact) mass is 336 g/mol. The highest BCUT2D eigenvalue weighted by Gasteiger charge is 2.22. The van der Waals surface area contributed by atoms with Crippen molar-refractivity contribution in [1.29, 1.82) is 0 Å². The van der Waals surface area contributed by atoms with Gasteiger partial charge in [-0.2, -0.15) is 0 Å². The van der Waals surface area contributed by atoms with E-state index in [1.165, 1.54) is 24.8 Å². The van der Waals surface area contributed by atoms with Gasteiger partial charge in [0.05, 0.1) is 6.61 Å². The molecule has 0 aliphatic heterocycles. The molecular weight excluding hydrogens is 312 g/mol. The number of amides is 1. The summed E-state index contributed by atoms with van der Waals surface area (Å²) >= 11 is 1.51. The average Bonchev–Trinajstić information content (AvgIpc) is 3.37. The van der Waals surface area contributed by atoms with Crippen molar-refractivity contribution in [1.82, 2.24) is 10.0 Å². The maximum absolute atomic E-state index is 12.3. The fraction of sp³-hybridized carbons (Fsp3) is 0.500. The topological polar surface area (TPSA) is 88.7 Å². The van der Waals surface area contributed by atoms with Gasteiger partial charge in [0.15, 0.2) is 0 Å². The Bertz CT molecular complexity index is 573. The first-order valence-electron chi connectivity index (χ1n) is 7.69. The minimum absolute atomic E-state index is 0.235. The van der Waals surface area contributed by atoms with Gasteiger partial charge in [0.25, 0.3) is 5.91 Å². The Morgan fingerprint density at radius 1 is 1.43 bits per heavy atom. The third-order valence-corrected chi connectivity index (χ3v) is 4.05. The first kappa shape index (κ1) is 17.6. The zero-order valence-corrected chi connectivity index (χ0v) is 14.4. The molecule has 0 atom stereocenters. The molecule has 2 rings (SSSR count). The van der Waals surface area contributed by atoms with Crippen LogP contribution in [0, 0.1) is 5.92 Å². The molecule has 4 N–H and O–H groups in total. The Morgan fingerprint density at radius 2 is 2.22 bits per heavy atom. The number of ether oxygens (including phenoxy) is 1. The average molecular weight is 336 g/mol. The van der Waals surface area contributed by atoms with E-state index in [1.807, 2.05) is 12.3 Å². The van der Waals surface area contributed by atoms with Crippen LogP contribution in [0.5, 0.6) is 5.75 Å². The van der Waals surface area contributed by atoms with Crippen LogP contribution >= 0.6 is 11.9 Å². The Hall–Kier alpha value is -1.73. The summed E-state index contributed by atoms with van der Waals surface area (Å²) in [4.78, 5) is 16.4. The number of hydrogen-bond donors (Lipinski definition) is 3. The van der Waals surface area contributed by atoms with Gasteiger partial charge >= 0.3 is 0 Å². The molecule has 1 aromatic rings. The first-order chi connectivity index (χ1) is 11.2. The quantitative estimate of drug-likeness (QED) is 0.275. The number of nitrogens with one attached hydrogen (secondary N) is 2. The second kappa shape index (κ2) is 8.79. The fourth-order valence-corrected chi connectivity index (χ4v) is 2.39. The molecule has 1 aliphatic carbocycles. The lowest BCUT2D eigenvalue weighted by molar-refractivity contribution is -0.114. The van der Waals surface area contributed by atoms with Crippen molar-refractivity contribution in [3.8, 4) is 5.75 Å². The highest BCUT2D eigenvalue weighted by Crippen LogP contribution is 2.30. The maximum atomic E-state index is 12.3. The number of rotatable bonds is 9. The molecule has 0 bridgehead atoms. The Morgan fingerprint density at radius 3 is 2.87 bits per heavy atom. The van der Waals surface area contributed by atoms with Gasteiger partial charge in [-0.1, -0.05) is 11.9 Å². The molecule has 126 valence electrons. The van der Waals surface area contributed by atoms with E-state index >= 15 is 0 Å². The van der Waals surface area contributed by atoms with Crippen molar-refractivity contribution in [2.75, 3.05) is 38.7 Å². The molecule has 1 aliphatic rings. The normalized spacial score (nSPS) is 14.6. The number of carbonyl (C=O) groups is 1. The summed E-state index contributed by atoms with van der Waals surface area (Å²) in [6.45, 7) is 1.93. The van der Waals surface area contributed by atoms with Crippen LogP contribution in [0.15, 0.2) is 23.2 Å². The lowest BCUT2D eigenvalue weighted by Crippen LogP contribution is -2.35. The molecule has 0 heterocycles. The molecule has 0 unspecified atom stereocenters. The Kier molecular flexibility index (Phi) is 6.73. The maximum Gasteiger partial charge on any atom is 0.270 e. The molecule has 1 saturated carbocycles. The smallest absolute Gasteiger partial charge is 0.270 e. The second-order valence-corrected chi connectivity index (χ2v) is 6.13. The van der Waals surface area contributed by atoms with Crippen molar-refractivity contribution in [2.24, 2.45) is 10.9 Å². The molecule has 1 fully saturated rings. The molecule has 0 radical (unpaired) electrons. The molecule has 0 spiro atoms. The van der Waals surface area contributed by atoms with E-state index in [0.717, 1.165) is 5.75 Å². The second-order valence-electron chi connectivity index (χ2n) is 5.43. The summed E-state index contributed by atoms with van der Waals surface area (Å²) in [5, 5.41) is 2.83. The fourth-order valence-electron chi connectivity index (χ4n) is 2.09. The predicted molar refractivity (Wildman–Crippen MR) is 96.1 cm³/mol. The summed E-state index contributed by atoms with van der Waals surface area (Å²) < 4.78 is 8.83. The van der Waals surface area contributed by atoms with E-state index in [9.17, 15) is 4.79 Å². The van der Waals surface area contributed by atoms with Crippen molar-refractivity contribution in [3.63, 3.8) is 0 Å². The van der Waals surface area contributed by atoms with Gasteiger partial charge in [-0.05, 0) is 43.2 Å². The molecule has 6 nitrogen and oxygen atoms in total. The van der Waals surface area contributed by atoms with Crippen molar-refractivity contribution >= 4 is 29.3 Å². The van der Waals surface area contributed by atoms with Gasteiger partial charge in [0.2, 0.25) is 0 Å². The Balaban J connectivity index is 2.03. The Labute approximate surface area is 141 Å². The number of carbonyl (C=O) groups excluding carboxylic acids is 1. The first-order valence-corrected chi connectivity index (χ1v) is 8.91. The van der Waals surface area contributed by atoms with Gasteiger partial charge in [-0.3, -0.25) is 14.5 Å². The third kappa shape index (κ3) is 5.44. The number of nitrogen functional groups attached to an aromatic ring is 1. The molecule has 23 heavy (non-hydrogen) atoms. The van der Waals surface area contributed by atoms with Crippen molar-refractivity contribution < 1.29 is 9.53 Å². The summed E-state index contributed by atoms with van der Waals surface area (Å²) in [5.74, 6) is 1.16. The summed E-state index contributed by atoms with van der Waals surface area (Å²) in [5.41, 5.74) is 7.46. The number of aliphatic imine (C=N–C) groups is 1. The molecule has 0 aromatic heterocycles. The lowest BCUT2D eigenvalue weighted by Gasteiger charge is -2.12. The molecule has 1 aromatic carbocycles.